The number of carbonyl (C=O) groups is 1. The van der Waals surface area contributed by atoms with Crippen LogP contribution in [-0.4, -0.2) is 12.5 Å². The molecule has 0 aliphatic heterocycles. The molecule has 22 heavy (non-hydrogen) atoms. The summed E-state index contributed by atoms with van der Waals surface area (Å²) >= 11 is 3.45. The first kappa shape index (κ1) is 16.6. The summed E-state index contributed by atoms with van der Waals surface area (Å²) in [6.07, 6.45) is 2.09. The highest BCUT2D eigenvalue weighted by atomic mass is 79.9. The van der Waals surface area contributed by atoms with Gasteiger partial charge >= 0.3 is 0 Å². The summed E-state index contributed by atoms with van der Waals surface area (Å²) in [7, 11) is 0. The molecule has 116 valence electrons. The number of nitrogens with one attached hydrogen (secondary N) is 1. The molecule has 3 nitrogen and oxygen atoms in total. The van der Waals surface area contributed by atoms with Crippen molar-refractivity contribution < 1.29 is 9.53 Å². The average Bonchev–Trinajstić information content (AvgIpc) is 2.51. The minimum atomic E-state index is -0.136. The van der Waals surface area contributed by atoms with Crippen molar-refractivity contribution in [1.29, 1.82) is 0 Å². The summed E-state index contributed by atoms with van der Waals surface area (Å²) in [4.78, 5) is 12.3. The molecule has 0 heterocycles. The lowest BCUT2D eigenvalue weighted by molar-refractivity contribution is 0.102. The van der Waals surface area contributed by atoms with Crippen molar-refractivity contribution in [3.8, 4) is 5.75 Å². The van der Waals surface area contributed by atoms with E-state index in [0.29, 0.717) is 12.2 Å². The zero-order valence-corrected chi connectivity index (χ0v) is 14.4. The Morgan fingerprint density at radius 2 is 2.05 bits per heavy atom. The normalized spacial score (nSPS) is 10.3. The molecule has 2 rings (SSSR count). The van der Waals surface area contributed by atoms with Crippen molar-refractivity contribution in [2.24, 2.45) is 0 Å². The van der Waals surface area contributed by atoms with Crippen LogP contribution < -0.4 is 10.1 Å². The van der Waals surface area contributed by atoms with E-state index in [-0.39, 0.29) is 5.91 Å². The molecular formula is C18H20BrNO2. The minimum Gasteiger partial charge on any atom is -0.494 e. The SMILES string of the molecule is CCCCOc1cccc(C(=O)Nc2ccc(Br)c(C)c2)c1. The molecule has 0 aliphatic carbocycles. The number of anilines is 1. The van der Waals surface area contributed by atoms with E-state index >= 15 is 0 Å². The van der Waals surface area contributed by atoms with E-state index in [1.165, 1.54) is 0 Å². The van der Waals surface area contributed by atoms with Crippen molar-refractivity contribution >= 4 is 27.5 Å². The van der Waals surface area contributed by atoms with Crippen LogP contribution >= 0.6 is 15.9 Å². The lowest BCUT2D eigenvalue weighted by Gasteiger charge is -2.09. The summed E-state index contributed by atoms with van der Waals surface area (Å²) in [5.74, 6) is 0.593. The molecule has 2 aromatic rings. The Balaban J connectivity index is 2.05. The fourth-order valence-corrected chi connectivity index (χ4v) is 2.23. The number of amides is 1. The number of aryl methyl sites for hydroxylation is 1. The topological polar surface area (TPSA) is 38.3 Å². The maximum absolute atomic E-state index is 12.3. The van der Waals surface area contributed by atoms with Crippen LogP contribution in [-0.2, 0) is 0 Å². The zero-order chi connectivity index (χ0) is 15.9. The van der Waals surface area contributed by atoms with Gasteiger partial charge in [-0.25, -0.2) is 0 Å². The van der Waals surface area contributed by atoms with Gasteiger partial charge in [-0.2, -0.15) is 0 Å². The largest absolute Gasteiger partial charge is 0.494 e. The van der Waals surface area contributed by atoms with Crippen LogP contribution in [0.25, 0.3) is 0 Å². The van der Waals surface area contributed by atoms with Gasteiger partial charge in [-0.1, -0.05) is 35.3 Å². The van der Waals surface area contributed by atoms with Gasteiger partial charge in [0.1, 0.15) is 5.75 Å². The number of ether oxygens (including phenoxy) is 1. The molecule has 0 radical (unpaired) electrons. The summed E-state index contributed by atoms with van der Waals surface area (Å²) in [6, 6.07) is 13.0. The van der Waals surface area contributed by atoms with E-state index in [1.54, 1.807) is 12.1 Å². The third-order valence-corrected chi connectivity index (χ3v) is 4.17. The van der Waals surface area contributed by atoms with Gasteiger partial charge in [0.05, 0.1) is 6.61 Å². The Labute approximate surface area is 139 Å². The van der Waals surface area contributed by atoms with Crippen LogP contribution in [0.5, 0.6) is 5.75 Å². The number of hydrogen-bond acceptors (Lipinski definition) is 2. The van der Waals surface area contributed by atoms with Crippen LogP contribution in [0.3, 0.4) is 0 Å². The first-order valence-electron chi connectivity index (χ1n) is 7.40. The van der Waals surface area contributed by atoms with Crippen molar-refractivity contribution in [2.45, 2.75) is 26.7 Å². The Kier molecular flexibility index (Phi) is 6.01. The number of halogens is 1. The molecule has 2 aromatic carbocycles. The zero-order valence-electron chi connectivity index (χ0n) is 12.9. The molecule has 1 amide bonds. The van der Waals surface area contributed by atoms with Crippen LogP contribution in [0.4, 0.5) is 5.69 Å². The van der Waals surface area contributed by atoms with Gasteiger partial charge in [0.15, 0.2) is 0 Å². The minimum absolute atomic E-state index is 0.136. The fraction of sp³-hybridized carbons (Fsp3) is 0.278. The highest BCUT2D eigenvalue weighted by Crippen LogP contribution is 2.21. The van der Waals surface area contributed by atoms with E-state index in [0.717, 1.165) is 34.3 Å². The maximum Gasteiger partial charge on any atom is 0.255 e. The Morgan fingerprint density at radius 1 is 1.23 bits per heavy atom. The van der Waals surface area contributed by atoms with Crippen molar-refractivity contribution in [2.75, 3.05) is 11.9 Å². The van der Waals surface area contributed by atoms with Crippen LogP contribution in [0.1, 0.15) is 35.7 Å². The summed E-state index contributed by atoms with van der Waals surface area (Å²) < 4.78 is 6.66. The van der Waals surface area contributed by atoms with Gasteiger partial charge in [-0.15, -0.1) is 0 Å². The predicted octanol–water partition coefficient (Wildman–Crippen LogP) is 5.19. The standard InChI is InChI=1S/C18H20BrNO2/c1-3-4-10-22-16-7-5-6-14(12-16)18(21)20-15-8-9-17(19)13(2)11-15/h5-9,11-12H,3-4,10H2,1-2H3,(H,20,21). The molecule has 1 N–H and O–H groups in total. The monoisotopic (exact) mass is 361 g/mol. The molecule has 0 aliphatic rings. The molecule has 4 heteroatoms. The maximum atomic E-state index is 12.3. The van der Waals surface area contributed by atoms with Crippen LogP contribution in [0.2, 0.25) is 0 Å². The molecule has 0 fully saturated rings. The van der Waals surface area contributed by atoms with Gasteiger partial charge in [0.2, 0.25) is 0 Å². The number of hydrogen-bond donors (Lipinski definition) is 1. The number of rotatable bonds is 6. The predicted molar refractivity (Wildman–Crippen MR) is 93.7 cm³/mol. The highest BCUT2D eigenvalue weighted by molar-refractivity contribution is 9.10. The Bertz CT molecular complexity index is 655. The molecular weight excluding hydrogens is 342 g/mol. The average molecular weight is 362 g/mol. The first-order valence-corrected chi connectivity index (χ1v) is 8.20. The van der Waals surface area contributed by atoms with Crippen molar-refractivity contribution in [1.82, 2.24) is 0 Å². The highest BCUT2D eigenvalue weighted by Gasteiger charge is 2.08. The van der Waals surface area contributed by atoms with Crippen molar-refractivity contribution in [3.05, 3.63) is 58.1 Å². The van der Waals surface area contributed by atoms with Gasteiger partial charge < -0.3 is 10.1 Å². The summed E-state index contributed by atoms with van der Waals surface area (Å²) in [5.41, 5.74) is 2.45. The number of carbonyl (C=O) groups excluding carboxylic acids is 1. The van der Waals surface area contributed by atoms with Gasteiger partial charge in [-0.05, 0) is 55.3 Å². The first-order chi connectivity index (χ1) is 10.6. The lowest BCUT2D eigenvalue weighted by Crippen LogP contribution is -2.12. The number of benzene rings is 2. The fourth-order valence-electron chi connectivity index (χ4n) is 1.99. The van der Waals surface area contributed by atoms with E-state index in [1.807, 2.05) is 37.3 Å². The third kappa shape index (κ3) is 4.60. The summed E-state index contributed by atoms with van der Waals surface area (Å²) in [6.45, 7) is 4.78. The van der Waals surface area contributed by atoms with E-state index in [4.69, 9.17) is 4.74 Å². The second kappa shape index (κ2) is 7.99. The summed E-state index contributed by atoms with van der Waals surface area (Å²) in [5, 5.41) is 2.91. The molecule has 0 aromatic heterocycles. The second-order valence-electron chi connectivity index (χ2n) is 5.15. The third-order valence-electron chi connectivity index (χ3n) is 3.28. The Morgan fingerprint density at radius 3 is 2.77 bits per heavy atom. The van der Waals surface area contributed by atoms with Crippen molar-refractivity contribution in [3.63, 3.8) is 0 Å². The molecule has 0 bridgehead atoms. The van der Waals surface area contributed by atoms with Gasteiger partial charge in [0.25, 0.3) is 5.91 Å². The lowest BCUT2D eigenvalue weighted by atomic mass is 10.2. The van der Waals surface area contributed by atoms with E-state index in [9.17, 15) is 4.79 Å². The molecule has 0 saturated carbocycles. The second-order valence-corrected chi connectivity index (χ2v) is 6.00. The van der Waals surface area contributed by atoms with Gasteiger partial charge in [0, 0.05) is 15.7 Å². The quantitative estimate of drug-likeness (QED) is 0.719. The Hall–Kier alpha value is -1.81. The van der Waals surface area contributed by atoms with Crippen LogP contribution in [0, 0.1) is 6.92 Å². The molecule has 0 saturated heterocycles. The molecule has 0 unspecified atom stereocenters. The molecule has 0 spiro atoms. The van der Waals surface area contributed by atoms with E-state index < -0.39 is 0 Å². The smallest absolute Gasteiger partial charge is 0.255 e. The molecule has 0 atom stereocenters. The number of unbranched alkanes of at least 4 members (excludes halogenated alkanes) is 1. The van der Waals surface area contributed by atoms with Crippen LogP contribution in [0.15, 0.2) is 46.9 Å². The van der Waals surface area contributed by atoms with E-state index in [2.05, 4.69) is 28.2 Å². The van der Waals surface area contributed by atoms with Gasteiger partial charge in [-0.3, -0.25) is 4.79 Å².